The topological polar surface area (TPSA) is 77.1 Å². The third-order valence-electron chi connectivity index (χ3n) is 4.23. The summed E-state index contributed by atoms with van der Waals surface area (Å²) in [7, 11) is 0. The molecule has 31 heavy (non-hydrogen) atoms. The van der Waals surface area contributed by atoms with Gasteiger partial charge in [0, 0.05) is 18.1 Å². The first-order valence-corrected chi connectivity index (χ1v) is 8.48. The van der Waals surface area contributed by atoms with Crippen molar-refractivity contribution in [1.29, 1.82) is 0 Å². The summed E-state index contributed by atoms with van der Waals surface area (Å²) in [6, 6.07) is 5.82. The Morgan fingerprint density at radius 3 is 2.45 bits per heavy atom. The summed E-state index contributed by atoms with van der Waals surface area (Å²) < 4.78 is 81.8. The molecular weight excluding hydrogens is 430 g/mol. The summed E-state index contributed by atoms with van der Waals surface area (Å²) in [5.41, 5.74) is -3.61. The van der Waals surface area contributed by atoms with Gasteiger partial charge in [0.15, 0.2) is 5.69 Å². The number of halogens is 6. The largest absolute Gasteiger partial charge is 0.434 e. The molecule has 0 saturated heterocycles. The monoisotopic (exact) mass is 440 g/mol. The number of hydrogen-bond donors (Lipinski definition) is 1. The number of nitrogens with zero attached hydrogens (tertiary/aromatic N) is 5. The van der Waals surface area contributed by atoms with E-state index < -0.39 is 35.2 Å². The number of aromatic nitrogens is 5. The van der Waals surface area contributed by atoms with Crippen LogP contribution in [0.15, 0.2) is 55.1 Å². The molecule has 4 aromatic rings. The Bertz CT molecular complexity index is 1270. The fourth-order valence-corrected chi connectivity index (χ4v) is 2.95. The molecule has 0 atom stereocenters. The van der Waals surface area contributed by atoms with Crippen LogP contribution in [0.4, 0.5) is 32.0 Å². The van der Waals surface area contributed by atoms with Crippen LogP contribution in [0.3, 0.4) is 0 Å². The fourth-order valence-electron chi connectivity index (χ4n) is 2.95. The van der Waals surface area contributed by atoms with Crippen molar-refractivity contribution in [3.05, 3.63) is 72.1 Å². The molecule has 4 rings (SSSR count). The van der Waals surface area contributed by atoms with E-state index in [-0.39, 0.29) is 11.4 Å². The number of nitrogens with one attached hydrogen (secondary N) is 1. The van der Waals surface area contributed by atoms with Gasteiger partial charge in [-0.25, -0.2) is 9.20 Å². The van der Waals surface area contributed by atoms with E-state index in [1.807, 2.05) is 5.32 Å². The van der Waals surface area contributed by atoms with Gasteiger partial charge in [0.1, 0.15) is 5.69 Å². The third-order valence-corrected chi connectivity index (χ3v) is 4.23. The molecule has 0 bridgehead atoms. The van der Waals surface area contributed by atoms with Crippen LogP contribution in [0.1, 0.15) is 21.7 Å². The quantitative estimate of drug-likeness (QED) is 0.485. The van der Waals surface area contributed by atoms with Crippen LogP contribution in [0, 0.1) is 0 Å². The summed E-state index contributed by atoms with van der Waals surface area (Å²) >= 11 is 0. The molecule has 160 valence electrons. The van der Waals surface area contributed by atoms with Crippen LogP contribution in [-0.2, 0) is 12.4 Å². The molecule has 0 unspecified atom stereocenters. The third kappa shape index (κ3) is 3.81. The van der Waals surface area contributed by atoms with E-state index >= 15 is 0 Å². The second-order valence-corrected chi connectivity index (χ2v) is 6.25. The molecule has 4 heterocycles. The highest BCUT2D eigenvalue weighted by Gasteiger charge is 2.41. The van der Waals surface area contributed by atoms with Gasteiger partial charge >= 0.3 is 12.4 Å². The second-order valence-electron chi connectivity index (χ2n) is 6.25. The maximum absolute atomic E-state index is 13.9. The van der Waals surface area contributed by atoms with Crippen molar-refractivity contribution in [1.82, 2.24) is 24.4 Å². The first-order valence-electron chi connectivity index (χ1n) is 8.48. The lowest BCUT2D eigenvalue weighted by molar-refractivity contribution is -0.143. The average Bonchev–Trinajstić information content (AvgIpc) is 3.34. The zero-order valence-electron chi connectivity index (χ0n) is 15.1. The van der Waals surface area contributed by atoms with Gasteiger partial charge in [0.05, 0.1) is 29.2 Å². The van der Waals surface area contributed by atoms with Gasteiger partial charge in [-0.3, -0.25) is 9.78 Å². The predicted octanol–water partition coefficient (Wildman–Crippen LogP) is 4.20. The lowest BCUT2D eigenvalue weighted by Crippen LogP contribution is -2.21. The summed E-state index contributed by atoms with van der Waals surface area (Å²) in [6.45, 7) is 0. The van der Waals surface area contributed by atoms with Crippen LogP contribution in [0.25, 0.3) is 11.2 Å². The normalized spacial score (nSPS) is 12.3. The van der Waals surface area contributed by atoms with Gasteiger partial charge in [0.25, 0.3) is 5.91 Å². The minimum Gasteiger partial charge on any atom is -0.322 e. The first kappa shape index (κ1) is 20.4. The predicted molar refractivity (Wildman–Crippen MR) is 94.5 cm³/mol. The Balaban J connectivity index is 1.76. The van der Waals surface area contributed by atoms with Crippen molar-refractivity contribution in [2.24, 2.45) is 0 Å². The van der Waals surface area contributed by atoms with E-state index in [0.717, 1.165) is 12.3 Å². The highest BCUT2D eigenvalue weighted by Crippen LogP contribution is 2.35. The number of amides is 1. The van der Waals surface area contributed by atoms with Crippen LogP contribution in [0.2, 0.25) is 0 Å². The molecule has 1 N–H and O–H groups in total. The van der Waals surface area contributed by atoms with Crippen molar-refractivity contribution < 1.29 is 31.1 Å². The summed E-state index contributed by atoms with van der Waals surface area (Å²) in [5.74, 6) is -1.28. The second kappa shape index (κ2) is 7.11. The molecule has 0 aliphatic rings. The van der Waals surface area contributed by atoms with E-state index in [1.165, 1.54) is 35.1 Å². The van der Waals surface area contributed by atoms with E-state index in [1.54, 1.807) is 0 Å². The minimum atomic E-state index is -4.99. The van der Waals surface area contributed by atoms with Crippen LogP contribution >= 0.6 is 0 Å². The average molecular weight is 440 g/mol. The van der Waals surface area contributed by atoms with Crippen molar-refractivity contribution in [2.75, 3.05) is 5.32 Å². The molecule has 0 fully saturated rings. The Morgan fingerprint density at radius 2 is 1.74 bits per heavy atom. The number of carbonyl (C=O) groups is 1. The molecule has 13 heteroatoms. The van der Waals surface area contributed by atoms with Gasteiger partial charge in [-0.15, -0.1) is 0 Å². The maximum atomic E-state index is 13.9. The number of alkyl halides is 6. The molecule has 1 amide bonds. The van der Waals surface area contributed by atoms with Crippen LogP contribution < -0.4 is 5.32 Å². The molecule has 0 spiro atoms. The van der Waals surface area contributed by atoms with Gasteiger partial charge < -0.3 is 5.32 Å². The van der Waals surface area contributed by atoms with Crippen molar-refractivity contribution in [3.8, 4) is 5.69 Å². The Kier molecular flexibility index (Phi) is 4.67. The van der Waals surface area contributed by atoms with Crippen molar-refractivity contribution >= 4 is 17.1 Å². The SMILES string of the molecule is O=C(Nc1ccnc(C(F)(F)F)c1)c1cnn(-c2cccn3nccc23)c1C(F)(F)F. The Hall–Kier alpha value is -3.90. The summed E-state index contributed by atoms with van der Waals surface area (Å²) in [4.78, 5) is 15.7. The molecule has 0 aromatic carbocycles. The molecular formula is C18H10F6N6O. The highest BCUT2D eigenvalue weighted by atomic mass is 19.4. The van der Waals surface area contributed by atoms with E-state index in [9.17, 15) is 31.1 Å². The summed E-state index contributed by atoms with van der Waals surface area (Å²) in [6.07, 6.45) is -5.40. The number of fused-ring (bicyclic) bond motifs is 1. The fraction of sp³-hybridized carbons (Fsp3) is 0.111. The van der Waals surface area contributed by atoms with E-state index in [0.29, 0.717) is 22.5 Å². The molecule has 0 radical (unpaired) electrons. The number of pyridine rings is 2. The van der Waals surface area contributed by atoms with Gasteiger partial charge in [-0.2, -0.15) is 36.5 Å². The van der Waals surface area contributed by atoms with E-state index in [4.69, 9.17) is 0 Å². The summed E-state index contributed by atoms with van der Waals surface area (Å²) in [5, 5.41) is 9.67. The van der Waals surface area contributed by atoms with E-state index in [2.05, 4.69) is 15.2 Å². The first-order chi connectivity index (χ1) is 14.6. The highest BCUT2D eigenvalue weighted by molar-refractivity contribution is 6.05. The number of hydrogen-bond acceptors (Lipinski definition) is 4. The molecule has 4 aromatic heterocycles. The van der Waals surface area contributed by atoms with Gasteiger partial charge in [0.2, 0.25) is 0 Å². The van der Waals surface area contributed by atoms with Gasteiger partial charge in [-0.05, 0) is 30.3 Å². The maximum Gasteiger partial charge on any atom is 0.434 e. The van der Waals surface area contributed by atoms with Crippen molar-refractivity contribution in [3.63, 3.8) is 0 Å². The lowest BCUT2D eigenvalue weighted by Gasteiger charge is -2.14. The minimum absolute atomic E-state index is 0.00893. The van der Waals surface area contributed by atoms with Gasteiger partial charge in [-0.1, -0.05) is 0 Å². The smallest absolute Gasteiger partial charge is 0.322 e. The molecule has 0 aliphatic carbocycles. The lowest BCUT2D eigenvalue weighted by atomic mass is 10.2. The number of anilines is 1. The zero-order valence-corrected chi connectivity index (χ0v) is 15.1. The number of carbonyl (C=O) groups excluding carboxylic acids is 1. The molecule has 0 saturated carbocycles. The van der Waals surface area contributed by atoms with Crippen LogP contribution in [0.5, 0.6) is 0 Å². The Morgan fingerprint density at radius 1 is 0.968 bits per heavy atom. The zero-order chi connectivity index (χ0) is 22.4. The number of rotatable bonds is 3. The standard InChI is InChI=1S/C18H10F6N6O/c19-17(20,21)14-8-10(3-5-25-14)28-16(31)11-9-27-30(15(11)18(22,23)24)13-2-1-7-29-12(13)4-6-26-29/h1-9H,(H,25,28,31). The van der Waals surface area contributed by atoms with Crippen molar-refractivity contribution in [2.45, 2.75) is 12.4 Å². The van der Waals surface area contributed by atoms with Crippen LogP contribution in [-0.4, -0.2) is 30.3 Å². The molecule has 7 nitrogen and oxygen atoms in total. The Labute approximate surface area is 168 Å². The molecule has 0 aliphatic heterocycles.